The van der Waals surface area contributed by atoms with E-state index in [1.807, 2.05) is 24.4 Å². The normalized spacial score (nSPS) is 15.2. The van der Waals surface area contributed by atoms with Crippen molar-refractivity contribution in [3.05, 3.63) is 71.8 Å². The van der Waals surface area contributed by atoms with Crippen LogP contribution in [-0.4, -0.2) is 56.5 Å². The van der Waals surface area contributed by atoms with Crippen LogP contribution < -0.4 is 9.47 Å². The molecule has 1 aliphatic heterocycles. The van der Waals surface area contributed by atoms with Gasteiger partial charge in [-0.2, -0.15) is 5.10 Å². The first-order chi connectivity index (χ1) is 14.3. The maximum atomic E-state index is 5.36. The highest BCUT2D eigenvalue weighted by Crippen LogP contribution is 2.27. The van der Waals surface area contributed by atoms with Crippen molar-refractivity contribution < 1.29 is 9.47 Å². The Bertz CT molecular complexity index is 989. The summed E-state index contributed by atoms with van der Waals surface area (Å²) in [6.07, 6.45) is 1.89. The molecule has 0 atom stereocenters. The summed E-state index contributed by atoms with van der Waals surface area (Å²) in [6.45, 7) is 4.84. The summed E-state index contributed by atoms with van der Waals surface area (Å²) in [5.41, 5.74) is 2.39. The molecule has 0 radical (unpaired) electrons. The van der Waals surface area contributed by atoms with Gasteiger partial charge in [-0.1, -0.05) is 42.5 Å². The Kier molecular flexibility index (Phi) is 5.96. The maximum absolute atomic E-state index is 5.36. The molecule has 4 rings (SSSR count). The second-order valence-electron chi connectivity index (χ2n) is 7.23. The number of nitrogens with zero attached hydrogens (tertiary/aromatic N) is 3. The predicted molar refractivity (Wildman–Crippen MR) is 118 cm³/mol. The number of benzene rings is 3. The van der Waals surface area contributed by atoms with Crippen LogP contribution in [-0.2, 0) is 6.54 Å². The molecule has 0 saturated carbocycles. The molecule has 0 unspecified atom stereocenters. The van der Waals surface area contributed by atoms with Gasteiger partial charge in [0.2, 0.25) is 0 Å². The lowest BCUT2D eigenvalue weighted by atomic mass is 10.0. The molecule has 0 aliphatic carbocycles. The van der Waals surface area contributed by atoms with E-state index in [-0.39, 0.29) is 0 Å². The summed E-state index contributed by atoms with van der Waals surface area (Å²) in [5.74, 6) is 1.45. The molecule has 0 aromatic heterocycles. The van der Waals surface area contributed by atoms with Crippen LogP contribution in [0.2, 0.25) is 0 Å². The number of hydrogen-bond donors (Lipinski definition) is 0. The summed E-state index contributed by atoms with van der Waals surface area (Å²) < 4.78 is 10.7. The van der Waals surface area contributed by atoms with E-state index in [9.17, 15) is 0 Å². The summed E-state index contributed by atoms with van der Waals surface area (Å²) in [4.78, 5) is 2.50. The minimum Gasteiger partial charge on any atom is -0.493 e. The Labute approximate surface area is 172 Å². The fourth-order valence-corrected chi connectivity index (χ4v) is 3.76. The molecule has 29 heavy (non-hydrogen) atoms. The van der Waals surface area contributed by atoms with Crippen LogP contribution in [0.1, 0.15) is 11.1 Å². The number of ether oxygens (including phenoxy) is 2. The zero-order valence-electron chi connectivity index (χ0n) is 17.0. The third kappa shape index (κ3) is 4.51. The zero-order chi connectivity index (χ0) is 20.1. The van der Waals surface area contributed by atoms with E-state index in [1.54, 1.807) is 14.2 Å². The zero-order valence-corrected chi connectivity index (χ0v) is 17.0. The Hall–Kier alpha value is -3.05. The molecule has 1 heterocycles. The lowest BCUT2D eigenvalue weighted by Gasteiger charge is -2.33. The third-order valence-electron chi connectivity index (χ3n) is 5.40. The first-order valence-electron chi connectivity index (χ1n) is 9.97. The number of rotatable bonds is 6. The van der Waals surface area contributed by atoms with Crippen LogP contribution in [0, 0.1) is 0 Å². The summed E-state index contributed by atoms with van der Waals surface area (Å²) in [7, 11) is 3.29. The Morgan fingerprint density at radius 2 is 1.62 bits per heavy atom. The molecule has 1 saturated heterocycles. The van der Waals surface area contributed by atoms with Crippen molar-refractivity contribution in [3.8, 4) is 11.5 Å². The molecule has 0 N–H and O–H groups in total. The van der Waals surface area contributed by atoms with Crippen LogP contribution in [0.25, 0.3) is 10.8 Å². The predicted octanol–water partition coefficient (Wildman–Crippen LogP) is 4.01. The highest BCUT2D eigenvalue weighted by molar-refractivity contribution is 5.85. The average Bonchev–Trinajstić information content (AvgIpc) is 2.78. The van der Waals surface area contributed by atoms with Gasteiger partial charge in [-0.3, -0.25) is 9.91 Å². The van der Waals surface area contributed by atoms with Gasteiger partial charge in [0.15, 0.2) is 11.5 Å². The van der Waals surface area contributed by atoms with E-state index in [4.69, 9.17) is 9.47 Å². The Morgan fingerprint density at radius 3 is 2.41 bits per heavy atom. The van der Waals surface area contributed by atoms with E-state index in [0.29, 0.717) is 0 Å². The highest BCUT2D eigenvalue weighted by atomic mass is 16.5. The topological polar surface area (TPSA) is 37.3 Å². The number of methoxy groups -OCH3 is 2. The molecule has 0 amide bonds. The van der Waals surface area contributed by atoms with Gasteiger partial charge in [0.05, 0.1) is 20.4 Å². The largest absolute Gasteiger partial charge is 0.493 e. The first-order valence-corrected chi connectivity index (χ1v) is 9.97. The lowest BCUT2D eigenvalue weighted by Crippen LogP contribution is -2.43. The van der Waals surface area contributed by atoms with Gasteiger partial charge >= 0.3 is 0 Å². The smallest absolute Gasteiger partial charge is 0.161 e. The van der Waals surface area contributed by atoms with Crippen molar-refractivity contribution in [1.82, 2.24) is 9.91 Å². The van der Waals surface area contributed by atoms with Gasteiger partial charge in [-0.05, 0) is 40.1 Å². The van der Waals surface area contributed by atoms with E-state index < -0.39 is 0 Å². The molecule has 5 nitrogen and oxygen atoms in total. The van der Waals surface area contributed by atoms with Crippen molar-refractivity contribution in [2.24, 2.45) is 5.10 Å². The molecule has 3 aromatic carbocycles. The summed E-state index contributed by atoms with van der Waals surface area (Å²) >= 11 is 0. The van der Waals surface area contributed by atoms with Gasteiger partial charge in [0.25, 0.3) is 0 Å². The Morgan fingerprint density at radius 1 is 0.862 bits per heavy atom. The van der Waals surface area contributed by atoms with Crippen LogP contribution in [0.15, 0.2) is 65.8 Å². The standard InChI is InChI=1S/C24H27N3O2/c1-28-23-11-10-19(16-24(23)29-2)17-25-27-14-12-26(13-15-27)18-21-8-5-7-20-6-3-4-9-22(20)21/h3-11,16-17H,12-15,18H2,1-2H3/b25-17+. The van der Waals surface area contributed by atoms with Crippen LogP contribution in [0.5, 0.6) is 11.5 Å². The van der Waals surface area contributed by atoms with Gasteiger partial charge in [0.1, 0.15) is 0 Å². The fourth-order valence-electron chi connectivity index (χ4n) is 3.76. The minimum atomic E-state index is 0.719. The van der Waals surface area contributed by atoms with Crippen LogP contribution >= 0.6 is 0 Å². The van der Waals surface area contributed by atoms with Crippen molar-refractivity contribution >= 4 is 17.0 Å². The van der Waals surface area contributed by atoms with Crippen LogP contribution in [0.3, 0.4) is 0 Å². The molecule has 0 bridgehead atoms. The summed E-state index contributed by atoms with van der Waals surface area (Å²) in [6, 6.07) is 21.0. The molecule has 1 fully saturated rings. The van der Waals surface area contributed by atoms with Crippen molar-refractivity contribution in [3.63, 3.8) is 0 Å². The molecule has 3 aromatic rings. The monoisotopic (exact) mass is 389 g/mol. The number of hydrogen-bond acceptors (Lipinski definition) is 5. The van der Waals surface area contributed by atoms with Gasteiger partial charge in [-0.25, -0.2) is 0 Å². The van der Waals surface area contributed by atoms with Crippen LogP contribution in [0.4, 0.5) is 0 Å². The molecule has 0 spiro atoms. The second kappa shape index (κ2) is 8.97. The number of hydrazone groups is 1. The molecular weight excluding hydrogens is 362 g/mol. The third-order valence-corrected chi connectivity index (χ3v) is 5.40. The quantitative estimate of drug-likeness (QED) is 0.597. The van der Waals surface area contributed by atoms with E-state index >= 15 is 0 Å². The lowest BCUT2D eigenvalue weighted by molar-refractivity contribution is 0.131. The van der Waals surface area contributed by atoms with Crippen molar-refractivity contribution in [1.29, 1.82) is 0 Å². The minimum absolute atomic E-state index is 0.719. The number of piperazine rings is 1. The maximum Gasteiger partial charge on any atom is 0.161 e. The molecular formula is C24H27N3O2. The molecule has 150 valence electrons. The second-order valence-corrected chi connectivity index (χ2v) is 7.23. The first kappa shape index (κ1) is 19.3. The van der Waals surface area contributed by atoms with Gasteiger partial charge in [0, 0.05) is 32.7 Å². The number of fused-ring (bicyclic) bond motifs is 1. The Balaban J connectivity index is 1.35. The van der Waals surface area contributed by atoms with Gasteiger partial charge < -0.3 is 9.47 Å². The fraction of sp³-hybridized carbons (Fsp3) is 0.292. The van der Waals surface area contributed by atoms with Crippen molar-refractivity contribution in [2.75, 3.05) is 40.4 Å². The van der Waals surface area contributed by atoms with Gasteiger partial charge in [-0.15, -0.1) is 0 Å². The molecule has 1 aliphatic rings. The van der Waals surface area contributed by atoms with E-state index in [0.717, 1.165) is 49.8 Å². The summed E-state index contributed by atoms with van der Waals surface area (Å²) in [5, 5.41) is 9.46. The molecule has 5 heteroatoms. The SMILES string of the molecule is COc1ccc(/C=N/N2CCN(Cc3cccc4ccccc34)CC2)cc1OC. The van der Waals surface area contributed by atoms with E-state index in [1.165, 1.54) is 16.3 Å². The highest BCUT2D eigenvalue weighted by Gasteiger charge is 2.16. The van der Waals surface area contributed by atoms with E-state index in [2.05, 4.69) is 57.5 Å². The van der Waals surface area contributed by atoms with Crippen molar-refractivity contribution in [2.45, 2.75) is 6.54 Å². The average molecular weight is 389 g/mol.